The molecule has 2 rings (SSSR count). The number of hydrogen-bond acceptors (Lipinski definition) is 3. The van der Waals surface area contributed by atoms with Crippen molar-refractivity contribution in [3.05, 3.63) is 59.2 Å². The molecule has 0 aliphatic carbocycles. The van der Waals surface area contributed by atoms with E-state index in [-0.39, 0.29) is 17.9 Å². The highest BCUT2D eigenvalue weighted by molar-refractivity contribution is 5.95. The highest BCUT2D eigenvalue weighted by Crippen LogP contribution is 2.27. The predicted octanol–water partition coefficient (Wildman–Crippen LogP) is 5.10. The molecule has 0 spiro atoms. The van der Waals surface area contributed by atoms with E-state index in [1.54, 1.807) is 0 Å². The zero-order valence-electron chi connectivity index (χ0n) is 19.3. The number of nitrogens with one attached hydrogen (secondary N) is 1. The minimum atomic E-state index is -0.0261. The Labute approximate surface area is 181 Å². The average molecular weight is 410 g/mol. The van der Waals surface area contributed by atoms with Crippen molar-refractivity contribution in [3.8, 4) is 0 Å². The van der Waals surface area contributed by atoms with Crippen LogP contribution >= 0.6 is 0 Å². The van der Waals surface area contributed by atoms with Gasteiger partial charge in [-0.2, -0.15) is 0 Å². The molecule has 0 radical (unpaired) electrons. The van der Waals surface area contributed by atoms with E-state index in [2.05, 4.69) is 26.1 Å². The molecule has 1 N–H and O–H groups in total. The summed E-state index contributed by atoms with van der Waals surface area (Å²) in [5, 5.41) is 2.93. The minimum Gasteiger partial charge on any atom is -0.377 e. The minimum absolute atomic E-state index is 0.0209. The van der Waals surface area contributed by atoms with E-state index in [4.69, 9.17) is 0 Å². The third kappa shape index (κ3) is 5.85. The van der Waals surface area contributed by atoms with E-state index in [1.165, 1.54) is 0 Å². The van der Waals surface area contributed by atoms with Crippen LogP contribution in [0.5, 0.6) is 0 Å². The molecule has 0 fully saturated rings. The number of carbonyl (C=O) groups excluding carboxylic acids is 2. The molecule has 0 aromatic heterocycles. The van der Waals surface area contributed by atoms with Crippen molar-refractivity contribution in [2.24, 2.45) is 5.92 Å². The zero-order valence-corrected chi connectivity index (χ0v) is 19.3. The largest absolute Gasteiger partial charge is 0.377 e. The van der Waals surface area contributed by atoms with Gasteiger partial charge in [0.2, 0.25) is 5.91 Å². The molecule has 0 bridgehead atoms. The maximum absolute atomic E-state index is 13.5. The van der Waals surface area contributed by atoms with Gasteiger partial charge in [-0.1, -0.05) is 38.5 Å². The summed E-state index contributed by atoms with van der Waals surface area (Å²) in [5.74, 6) is 0.305. The van der Waals surface area contributed by atoms with E-state index in [0.717, 1.165) is 22.5 Å². The van der Waals surface area contributed by atoms with Crippen LogP contribution < -0.4 is 10.2 Å². The van der Waals surface area contributed by atoms with Crippen LogP contribution in [0.3, 0.4) is 0 Å². The number of anilines is 2. The first-order valence-corrected chi connectivity index (χ1v) is 10.6. The highest BCUT2D eigenvalue weighted by Gasteiger charge is 2.25. The second-order valence-electron chi connectivity index (χ2n) is 8.43. The maximum Gasteiger partial charge on any atom is 0.254 e. The number of aryl methyl sites for hydroxylation is 1. The Morgan fingerprint density at radius 3 is 2.30 bits per heavy atom. The third-order valence-electron chi connectivity index (χ3n) is 5.49. The second kappa shape index (κ2) is 10.3. The molecule has 2 amide bonds. The van der Waals surface area contributed by atoms with Crippen LogP contribution in [0, 0.1) is 12.8 Å². The lowest BCUT2D eigenvalue weighted by Gasteiger charge is -2.33. The molecule has 1 unspecified atom stereocenters. The summed E-state index contributed by atoms with van der Waals surface area (Å²) < 4.78 is 0. The topological polar surface area (TPSA) is 52.7 Å². The van der Waals surface area contributed by atoms with E-state index in [0.29, 0.717) is 24.4 Å². The van der Waals surface area contributed by atoms with Crippen LogP contribution in [-0.4, -0.2) is 36.9 Å². The normalized spacial score (nSPS) is 11.9. The fraction of sp³-hybridized carbons (Fsp3) is 0.440. The van der Waals surface area contributed by atoms with Gasteiger partial charge in [-0.25, -0.2) is 0 Å². The average Bonchev–Trinajstić information content (AvgIpc) is 2.70. The lowest BCUT2D eigenvalue weighted by Crippen LogP contribution is -2.41. The molecule has 2 aromatic carbocycles. The molecule has 30 heavy (non-hydrogen) atoms. The summed E-state index contributed by atoms with van der Waals surface area (Å²) in [5.41, 5.74) is 4.55. The summed E-state index contributed by atoms with van der Waals surface area (Å²) in [6.07, 6.45) is 0.424. The molecule has 0 saturated carbocycles. The molecule has 0 aliphatic heterocycles. The van der Waals surface area contributed by atoms with Gasteiger partial charge in [0.05, 0.1) is 0 Å². The van der Waals surface area contributed by atoms with Crippen molar-refractivity contribution in [1.82, 2.24) is 4.90 Å². The van der Waals surface area contributed by atoms with Gasteiger partial charge in [0.25, 0.3) is 5.91 Å². The first kappa shape index (κ1) is 23.5. The van der Waals surface area contributed by atoms with E-state index in [1.807, 2.05) is 80.2 Å². The molecular weight excluding hydrogens is 374 g/mol. The number of nitrogens with zero attached hydrogens (tertiary/aromatic N) is 2. The predicted molar refractivity (Wildman–Crippen MR) is 125 cm³/mol. The van der Waals surface area contributed by atoms with Crippen molar-refractivity contribution in [1.29, 1.82) is 0 Å². The van der Waals surface area contributed by atoms with Gasteiger partial charge in [-0.05, 0) is 55.7 Å². The Morgan fingerprint density at radius 1 is 1.03 bits per heavy atom. The Bertz CT molecular complexity index is 890. The third-order valence-corrected chi connectivity index (χ3v) is 5.49. The number of carbonyl (C=O) groups is 2. The van der Waals surface area contributed by atoms with Crippen molar-refractivity contribution in [3.63, 3.8) is 0 Å². The molecule has 5 nitrogen and oxygen atoms in total. The number of hydrogen-bond donors (Lipinski definition) is 1. The van der Waals surface area contributed by atoms with Crippen molar-refractivity contribution in [2.45, 2.75) is 53.6 Å². The number of benzene rings is 2. The summed E-state index contributed by atoms with van der Waals surface area (Å²) >= 11 is 0. The summed E-state index contributed by atoms with van der Waals surface area (Å²) in [6.45, 7) is 10.7. The lowest BCUT2D eigenvalue weighted by molar-refractivity contribution is -0.115. The summed E-state index contributed by atoms with van der Waals surface area (Å²) in [4.78, 5) is 29.3. The Morgan fingerprint density at radius 2 is 1.73 bits per heavy atom. The smallest absolute Gasteiger partial charge is 0.254 e. The Balaban J connectivity index is 2.46. The quantitative estimate of drug-likeness (QED) is 0.660. The molecule has 1 atom stereocenters. The monoisotopic (exact) mass is 409 g/mol. The lowest BCUT2D eigenvalue weighted by atomic mass is 10.0. The fourth-order valence-corrected chi connectivity index (χ4v) is 3.36. The van der Waals surface area contributed by atoms with E-state index >= 15 is 0 Å². The first-order chi connectivity index (χ1) is 14.1. The Hall–Kier alpha value is -2.82. The highest BCUT2D eigenvalue weighted by atomic mass is 16.2. The van der Waals surface area contributed by atoms with Gasteiger partial charge in [0.1, 0.15) is 0 Å². The standard InChI is InChI=1S/C25H35N3O2/c1-8-24(29)26-22-12-13-23(27(6)7)21(15-22)16-28(19(5)17(2)3)25(30)20-11-9-10-18(4)14-20/h9-15,17,19H,8,16H2,1-7H3,(H,26,29). The van der Waals surface area contributed by atoms with Gasteiger partial charge in [0.15, 0.2) is 0 Å². The van der Waals surface area contributed by atoms with Gasteiger partial charge in [-0.3, -0.25) is 9.59 Å². The van der Waals surface area contributed by atoms with Crippen molar-refractivity contribution >= 4 is 23.2 Å². The zero-order chi connectivity index (χ0) is 22.4. The van der Waals surface area contributed by atoms with Crippen molar-refractivity contribution in [2.75, 3.05) is 24.3 Å². The molecule has 2 aromatic rings. The van der Waals surface area contributed by atoms with Crippen LogP contribution in [0.15, 0.2) is 42.5 Å². The van der Waals surface area contributed by atoms with Gasteiger partial charge in [-0.15, -0.1) is 0 Å². The fourth-order valence-electron chi connectivity index (χ4n) is 3.36. The van der Waals surface area contributed by atoms with Crippen LogP contribution in [-0.2, 0) is 11.3 Å². The maximum atomic E-state index is 13.5. The van der Waals surface area contributed by atoms with Crippen LogP contribution in [0.1, 0.15) is 55.6 Å². The molecule has 0 aliphatic rings. The molecule has 0 heterocycles. The summed E-state index contributed by atoms with van der Waals surface area (Å²) in [7, 11) is 3.98. The van der Waals surface area contributed by atoms with Gasteiger partial charge < -0.3 is 15.1 Å². The molecular formula is C25H35N3O2. The molecule has 0 saturated heterocycles. The van der Waals surface area contributed by atoms with E-state index < -0.39 is 0 Å². The van der Waals surface area contributed by atoms with Gasteiger partial charge >= 0.3 is 0 Å². The van der Waals surface area contributed by atoms with Gasteiger partial charge in [0, 0.05) is 50.0 Å². The number of amides is 2. The second-order valence-corrected chi connectivity index (χ2v) is 8.43. The van der Waals surface area contributed by atoms with E-state index in [9.17, 15) is 9.59 Å². The first-order valence-electron chi connectivity index (χ1n) is 10.6. The van der Waals surface area contributed by atoms with Crippen LogP contribution in [0.4, 0.5) is 11.4 Å². The molecule has 162 valence electrons. The SMILES string of the molecule is CCC(=O)Nc1ccc(N(C)C)c(CN(C(=O)c2cccc(C)c2)C(C)C(C)C)c1. The Kier molecular flexibility index (Phi) is 8.04. The summed E-state index contributed by atoms with van der Waals surface area (Å²) in [6, 6.07) is 13.7. The van der Waals surface area contributed by atoms with Crippen LogP contribution in [0.2, 0.25) is 0 Å². The number of rotatable bonds is 8. The van der Waals surface area contributed by atoms with Crippen molar-refractivity contribution < 1.29 is 9.59 Å². The molecule has 5 heteroatoms. The van der Waals surface area contributed by atoms with Crippen LogP contribution in [0.25, 0.3) is 0 Å².